The highest BCUT2D eigenvalue weighted by atomic mass is 35.5. The van der Waals surface area contributed by atoms with Crippen molar-refractivity contribution in [1.29, 1.82) is 0 Å². The summed E-state index contributed by atoms with van der Waals surface area (Å²) in [6.07, 6.45) is 5.13. The molecule has 0 radical (unpaired) electrons. The molecule has 0 saturated heterocycles. The molecular formula is C13H14ClN3S. The van der Waals surface area contributed by atoms with Gasteiger partial charge in [-0.15, -0.1) is 0 Å². The summed E-state index contributed by atoms with van der Waals surface area (Å²) in [4.78, 5) is 9.48. The highest BCUT2D eigenvalue weighted by molar-refractivity contribution is 7.99. The van der Waals surface area contributed by atoms with Crippen molar-refractivity contribution >= 4 is 23.4 Å². The Morgan fingerprint density at radius 3 is 2.94 bits per heavy atom. The Kier molecular flexibility index (Phi) is 4.99. The SMILES string of the molecule is CCNCc1cc(Cl)ccc1Sc1cnccn1. The van der Waals surface area contributed by atoms with E-state index in [1.807, 2.05) is 18.2 Å². The van der Waals surface area contributed by atoms with Crippen LogP contribution in [0.1, 0.15) is 12.5 Å². The molecule has 0 aliphatic heterocycles. The molecule has 0 saturated carbocycles. The largest absolute Gasteiger partial charge is 0.313 e. The Morgan fingerprint density at radius 2 is 2.22 bits per heavy atom. The summed E-state index contributed by atoms with van der Waals surface area (Å²) in [6, 6.07) is 5.91. The molecule has 1 aromatic carbocycles. The fraction of sp³-hybridized carbons (Fsp3) is 0.231. The van der Waals surface area contributed by atoms with E-state index in [1.165, 1.54) is 5.56 Å². The fourth-order valence-electron chi connectivity index (χ4n) is 1.50. The van der Waals surface area contributed by atoms with E-state index >= 15 is 0 Å². The lowest BCUT2D eigenvalue weighted by Crippen LogP contribution is -2.12. The van der Waals surface area contributed by atoms with Crippen LogP contribution in [0.3, 0.4) is 0 Å². The van der Waals surface area contributed by atoms with Crippen molar-refractivity contribution in [2.75, 3.05) is 6.54 Å². The maximum absolute atomic E-state index is 6.03. The van der Waals surface area contributed by atoms with Gasteiger partial charge < -0.3 is 5.32 Å². The van der Waals surface area contributed by atoms with Gasteiger partial charge in [-0.05, 0) is 30.3 Å². The van der Waals surface area contributed by atoms with Crippen LogP contribution in [0.5, 0.6) is 0 Å². The van der Waals surface area contributed by atoms with Crippen LogP contribution in [0.15, 0.2) is 46.7 Å². The molecule has 2 rings (SSSR count). The van der Waals surface area contributed by atoms with Crippen LogP contribution >= 0.6 is 23.4 Å². The van der Waals surface area contributed by atoms with E-state index in [-0.39, 0.29) is 0 Å². The van der Waals surface area contributed by atoms with Crippen LogP contribution in [0.2, 0.25) is 5.02 Å². The minimum absolute atomic E-state index is 0.756. The van der Waals surface area contributed by atoms with Crippen molar-refractivity contribution in [3.05, 3.63) is 47.4 Å². The van der Waals surface area contributed by atoms with E-state index in [1.54, 1.807) is 30.4 Å². The number of benzene rings is 1. The minimum atomic E-state index is 0.756. The molecule has 1 aromatic heterocycles. The summed E-state index contributed by atoms with van der Waals surface area (Å²) >= 11 is 7.63. The maximum atomic E-state index is 6.03. The van der Waals surface area contributed by atoms with Gasteiger partial charge in [-0.2, -0.15) is 0 Å². The van der Waals surface area contributed by atoms with Crippen LogP contribution in [0.4, 0.5) is 0 Å². The third-order valence-corrected chi connectivity index (χ3v) is 3.62. The molecule has 0 bridgehead atoms. The first kappa shape index (κ1) is 13.3. The Balaban J connectivity index is 2.21. The van der Waals surface area contributed by atoms with Gasteiger partial charge >= 0.3 is 0 Å². The molecule has 0 unspecified atom stereocenters. The van der Waals surface area contributed by atoms with Gasteiger partial charge in [0, 0.05) is 28.9 Å². The Hall–Kier alpha value is -1.10. The number of aromatic nitrogens is 2. The number of hydrogen-bond donors (Lipinski definition) is 1. The average molecular weight is 280 g/mol. The average Bonchev–Trinajstić information content (AvgIpc) is 2.40. The molecule has 0 aliphatic rings. The van der Waals surface area contributed by atoms with Crippen molar-refractivity contribution in [2.24, 2.45) is 0 Å². The molecule has 0 fully saturated rings. The van der Waals surface area contributed by atoms with Crippen LogP contribution < -0.4 is 5.32 Å². The van der Waals surface area contributed by atoms with Crippen molar-refractivity contribution in [3.63, 3.8) is 0 Å². The van der Waals surface area contributed by atoms with Crippen molar-refractivity contribution in [1.82, 2.24) is 15.3 Å². The topological polar surface area (TPSA) is 37.8 Å². The molecule has 3 nitrogen and oxygen atoms in total. The van der Waals surface area contributed by atoms with E-state index in [2.05, 4.69) is 22.2 Å². The van der Waals surface area contributed by atoms with Crippen molar-refractivity contribution in [3.8, 4) is 0 Å². The number of hydrogen-bond acceptors (Lipinski definition) is 4. The Morgan fingerprint density at radius 1 is 1.33 bits per heavy atom. The van der Waals surface area contributed by atoms with E-state index in [4.69, 9.17) is 11.6 Å². The van der Waals surface area contributed by atoms with Crippen LogP contribution in [0, 0.1) is 0 Å². The van der Waals surface area contributed by atoms with Crippen molar-refractivity contribution in [2.45, 2.75) is 23.4 Å². The second-order valence-corrected chi connectivity index (χ2v) is 5.18. The van der Waals surface area contributed by atoms with Crippen LogP contribution in [-0.4, -0.2) is 16.5 Å². The van der Waals surface area contributed by atoms with Crippen molar-refractivity contribution < 1.29 is 0 Å². The lowest BCUT2D eigenvalue weighted by molar-refractivity contribution is 0.718. The Bertz CT molecular complexity index is 505. The highest BCUT2D eigenvalue weighted by Crippen LogP contribution is 2.30. The molecule has 0 spiro atoms. The zero-order valence-corrected chi connectivity index (χ0v) is 11.6. The van der Waals surface area contributed by atoms with E-state index in [0.717, 1.165) is 28.0 Å². The zero-order chi connectivity index (χ0) is 12.8. The second-order valence-electron chi connectivity index (χ2n) is 3.68. The smallest absolute Gasteiger partial charge is 0.119 e. The van der Waals surface area contributed by atoms with Gasteiger partial charge in [0.2, 0.25) is 0 Å². The summed E-state index contributed by atoms with van der Waals surface area (Å²) in [5, 5.41) is 4.95. The summed E-state index contributed by atoms with van der Waals surface area (Å²) in [5.74, 6) is 0. The molecule has 1 heterocycles. The second kappa shape index (κ2) is 6.73. The summed E-state index contributed by atoms with van der Waals surface area (Å²) < 4.78 is 0. The number of nitrogens with one attached hydrogen (secondary N) is 1. The van der Waals surface area contributed by atoms with Gasteiger partial charge in [-0.1, -0.05) is 30.3 Å². The first-order valence-electron chi connectivity index (χ1n) is 5.72. The van der Waals surface area contributed by atoms with Crippen LogP contribution in [0.25, 0.3) is 0 Å². The lowest BCUT2D eigenvalue weighted by atomic mass is 10.2. The van der Waals surface area contributed by atoms with E-state index in [0.29, 0.717) is 0 Å². The number of rotatable bonds is 5. The quantitative estimate of drug-likeness (QED) is 0.910. The first-order valence-corrected chi connectivity index (χ1v) is 6.92. The lowest BCUT2D eigenvalue weighted by Gasteiger charge is -2.09. The van der Waals surface area contributed by atoms with Crippen LogP contribution in [-0.2, 0) is 6.54 Å². The fourth-order valence-corrected chi connectivity index (χ4v) is 2.54. The molecule has 1 N–H and O–H groups in total. The van der Waals surface area contributed by atoms with Gasteiger partial charge in [-0.25, -0.2) is 4.98 Å². The molecule has 0 aliphatic carbocycles. The van der Waals surface area contributed by atoms with Gasteiger partial charge in [0.25, 0.3) is 0 Å². The molecule has 5 heteroatoms. The van der Waals surface area contributed by atoms with Gasteiger partial charge in [0.05, 0.1) is 6.20 Å². The van der Waals surface area contributed by atoms with E-state index in [9.17, 15) is 0 Å². The van der Waals surface area contributed by atoms with E-state index < -0.39 is 0 Å². The molecule has 94 valence electrons. The summed E-state index contributed by atoms with van der Waals surface area (Å²) in [6.45, 7) is 3.82. The molecule has 18 heavy (non-hydrogen) atoms. The van der Waals surface area contributed by atoms with Gasteiger partial charge in [-0.3, -0.25) is 4.98 Å². The standard InChI is InChI=1S/C13H14ClN3S/c1-2-15-8-10-7-11(14)3-4-12(10)18-13-9-16-5-6-17-13/h3-7,9,15H,2,8H2,1H3. The summed E-state index contributed by atoms with van der Waals surface area (Å²) in [7, 11) is 0. The maximum Gasteiger partial charge on any atom is 0.119 e. The molecule has 0 atom stereocenters. The number of nitrogens with zero attached hydrogens (tertiary/aromatic N) is 2. The third-order valence-electron chi connectivity index (χ3n) is 2.34. The van der Waals surface area contributed by atoms with Gasteiger partial charge in [0.15, 0.2) is 0 Å². The predicted octanol–water partition coefficient (Wildman–Crippen LogP) is 3.39. The van der Waals surface area contributed by atoms with Gasteiger partial charge in [0.1, 0.15) is 5.03 Å². The molecular weight excluding hydrogens is 266 g/mol. The highest BCUT2D eigenvalue weighted by Gasteiger charge is 2.06. The molecule has 2 aromatic rings. The zero-order valence-electron chi connectivity index (χ0n) is 10.1. The predicted molar refractivity (Wildman–Crippen MR) is 75.0 cm³/mol. The first-order chi connectivity index (χ1) is 8.79. The summed E-state index contributed by atoms with van der Waals surface area (Å²) in [5.41, 5.74) is 1.18. The normalized spacial score (nSPS) is 10.6. The number of halogens is 1. The monoisotopic (exact) mass is 279 g/mol. The molecule has 0 amide bonds. The minimum Gasteiger partial charge on any atom is -0.313 e. The third kappa shape index (κ3) is 3.70. The Labute approximate surface area is 116 Å².